The van der Waals surface area contributed by atoms with Crippen LogP contribution in [-0.4, -0.2) is 17.0 Å². The van der Waals surface area contributed by atoms with E-state index in [9.17, 15) is 9.90 Å². The molecular weight excluding hydrogens is 176 g/mol. The van der Waals surface area contributed by atoms with E-state index in [2.05, 4.69) is 0 Å². The molecule has 0 spiro atoms. The topological polar surface area (TPSA) is 37.3 Å². The number of carbonyl (C=O) groups excluding carboxylic acids is 1. The van der Waals surface area contributed by atoms with Crippen LogP contribution >= 0.6 is 0 Å². The molecule has 2 nitrogen and oxygen atoms in total. The summed E-state index contributed by atoms with van der Waals surface area (Å²) in [5.41, 5.74) is 0.965. The third-order valence-electron chi connectivity index (χ3n) is 2.15. The van der Waals surface area contributed by atoms with Crippen LogP contribution in [0.5, 0.6) is 0 Å². The van der Waals surface area contributed by atoms with Gasteiger partial charge in [-0.15, -0.1) is 0 Å². The Morgan fingerprint density at radius 2 is 2.00 bits per heavy atom. The molecule has 1 rings (SSSR count). The first-order chi connectivity index (χ1) is 6.74. The Balaban J connectivity index is 2.49. The quantitative estimate of drug-likeness (QED) is 0.774. The molecular formula is C12H16O2. The van der Waals surface area contributed by atoms with E-state index in [4.69, 9.17) is 0 Å². The van der Waals surface area contributed by atoms with Crippen LogP contribution in [0.2, 0.25) is 0 Å². The smallest absolute Gasteiger partial charge is 0.165 e. The summed E-state index contributed by atoms with van der Waals surface area (Å²) in [5.74, 6) is -0.0851. The van der Waals surface area contributed by atoms with Gasteiger partial charge in [0.2, 0.25) is 0 Å². The van der Waals surface area contributed by atoms with Crippen LogP contribution in [0.1, 0.15) is 25.3 Å². The van der Waals surface area contributed by atoms with Gasteiger partial charge in [-0.3, -0.25) is 4.79 Å². The monoisotopic (exact) mass is 192 g/mol. The van der Waals surface area contributed by atoms with Crippen LogP contribution in [0, 0.1) is 0 Å². The van der Waals surface area contributed by atoms with E-state index in [1.807, 2.05) is 37.3 Å². The average molecular weight is 192 g/mol. The van der Waals surface area contributed by atoms with E-state index in [0.29, 0.717) is 12.8 Å². The Hall–Kier alpha value is -1.15. The van der Waals surface area contributed by atoms with Crippen LogP contribution in [-0.2, 0) is 11.2 Å². The van der Waals surface area contributed by atoms with Crippen LogP contribution in [0.15, 0.2) is 30.3 Å². The van der Waals surface area contributed by atoms with Crippen LogP contribution in [0.3, 0.4) is 0 Å². The Labute approximate surface area is 84.6 Å². The zero-order valence-corrected chi connectivity index (χ0v) is 8.44. The van der Waals surface area contributed by atoms with E-state index >= 15 is 0 Å². The molecule has 0 radical (unpaired) electrons. The molecule has 2 heteroatoms. The maximum atomic E-state index is 11.5. The fraction of sp³-hybridized carbons (Fsp3) is 0.417. The average Bonchev–Trinajstić information content (AvgIpc) is 2.19. The predicted molar refractivity (Wildman–Crippen MR) is 56.1 cm³/mol. The van der Waals surface area contributed by atoms with E-state index in [1.165, 1.54) is 0 Å². The first-order valence-corrected chi connectivity index (χ1v) is 4.98. The fourth-order valence-electron chi connectivity index (χ4n) is 1.35. The van der Waals surface area contributed by atoms with E-state index in [-0.39, 0.29) is 5.78 Å². The molecule has 0 saturated carbocycles. The standard InChI is InChI=1S/C12H16O2/c1-2-6-11(13)12(14)9-10-7-4-3-5-8-10/h3-5,7-8,11,13H,2,6,9H2,1H3. The van der Waals surface area contributed by atoms with Gasteiger partial charge in [-0.1, -0.05) is 43.7 Å². The highest BCUT2D eigenvalue weighted by molar-refractivity contribution is 5.84. The number of hydrogen-bond donors (Lipinski definition) is 1. The molecule has 1 unspecified atom stereocenters. The molecule has 1 atom stereocenters. The number of carbonyl (C=O) groups is 1. The third-order valence-corrected chi connectivity index (χ3v) is 2.15. The van der Waals surface area contributed by atoms with E-state index in [1.54, 1.807) is 0 Å². The third kappa shape index (κ3) is 3.30. The van der Waals surface area contributed by atoms with Gasteiger partial charge in [0.15, 0.2) is 5.78 Å². The minimum Gasteiger partial charge on any atom is -0.385 e. The SMILES string of the molecule is CCCC(O)C(=O)Cc1ccccc1. The summed E-state index contributed by atoms with van der Waals surface area (Å²) in [6.07, 6.45) is 0.940. The van der Waals surface area contributed by atoms with Gasteiger partial charge in [0.1, 0.15) is 6.10 Å². The molecule has 1 N–H and O–H groups in total. The van der Waals surface area contributed by atoms with Crippen molar-refractivity contribution in [3.63, 3.8) is 0 Å². The van der Waals surface area contributed by atoms with Crippen LogP contribution in [0.4, 0.5) is 0 Å². The first kappa shape index (κ1) is 10.9. The Morgan fingerprint density at radius 1 is 1.36 bits per heavy atom. The number of aliphatic hydroxyl groups is 1. The van der Waals surface area contributed by atoms with Gasteiger partial charge >= 0.3 is 0 Å². The van der Waals surface area contributed by atoms with Crippen molar-refractivity contribution in [3.8, 4) is 0 Å². The Kier molecular flexibility index (Phi) is 4.33. The molecule has 0 saturated heterocycles. The van der Waals surface area contributed by atoms with Crippen LogP contribution < -0.4 is 0 Å². The number of rotatable bonds is 5. The van der Waals surface area contributed by atoms with Gasteiger partial charge in [0.25, 0.3) is 0 Å². The van der Waals surface area contributed by atoms with Gasteiger partial charge in [0.05, 0.1) is 0 Å². The van der Waals surface area contributed by atoms with Gasteiger partial charge in [0, 0.05) is 6.42 Å². The van der Waals surface area contributed by atoms with Crippen molar-refractivity contribution in [1.29, 1.82) is 0 Å². The first-order valence-electron chi connectivity index (χ1n) is 4.98. The summed E-state index contributed by atoms with van der Waals surface area (Å²) in [7, 11) is 0. The zero-order valence-electron chi connectivity index (χ0n) is 8.44. The highest BCUT2D eigenvalue weighted by Gasteiger charge is 2.13. The molecule has 76 valence electrons. The molecule has 0 aliphatic carbocycles. The highest BCUT2D eigenvalue weighted by atomic mass is 16.3. The summed E-state index contributed by atoms with van der Waals surface area (Å²) >= 11 is 0. The molecule has 0 aliphatic rings. The van der Waals surface area contributed by atoms with Crippen molar-refractivity contribution >= 4 is 5.78 Å². The normalized spacial score (nSPS) is 12.4. The lowest BCUT2D eigenvalue weighted by molar-refractivity contribution is -0.126. The highest BCUT2D eigenvalue weighted by Crippen LogP contribution is 2.05. The molecule has 1 aromatic rings. The second kappa shape index (κ2) is 5.55. The molecule has 0 heterocycles. The molecule has 0 amide bonds. The molecule has 0 aromatic heterocycles. The number of benzene rings is 1. The molecule has 0 aliphatic heterocycles. The Morgan fingerprint density at radius 3 is 2.57 bits per heavy atom. The minimum atomic E-state index is -0.791. The Bertz CT molecular complexity index is 280. The second-order valence-corrected chi connectivity index (χ2v) is 3.43. The van der Waals surface area contributed by atoms with Gasteiger partial charge < -0.3 is 5.11 Å². The minimum absolute atomic E-state index is 0.0851. The predicted octanol–water partition coefficient (Wildman–Crippen LogP) is 1.96. The van der Waals surface area contributed by atoms with Crippen molar-refractivity contribution in [2.24, 2.45) is 0 Å². The lowest BCUT2D eigenvalue weighted by atomic mass is 10.0. The van der Waals surface area contributed by atoms with Crippen molar-refractivity contribution in [2.45, 2.75) is 32.3 Å². The number of hydrogen-bond acceptors (Lipinski definition) is 2. The largest absolute Gasteiger partial charge is 0.385 e. The second-order valence-electron chi connectivity index (χ2n) is 3.43. The molecule has 0 fully saturated rings. The van der Waals surface area contributed by atoms with Gasteiger partial charge in [-0.25, -0.2) is 0 Å². The number of Topliss-reactive ketones (excluding diaryl/α,β-unsaturated/α-hetero) is 1. The molecule has 1 aromatic carbocycles. The van der Waals surface area contributed by atoms with Crippen molar-refractivity contribution < 1.29 is 9.90 Å². The molecule has 0 bridgehead atoms. The fourth-order valence-corrected chi connectivity index (χ4v) is 1.35. The summed E-state index contributed by atoms with van der Waals surface area (Å²) < 4.78 is 0. The number of ketones is 1. The van der Waals surface area contributed by atoms with E-state index < -0.39 is 6.10 Å². The van der Waals surface area contributed by atoms with Gasteiger partial charge in [-0.2, -0.15) is 0 Å². The summed E-state index contributed by atoms with van der Waals surface area (Å²) in [5, 5.41) is 9.43. The van der Waals surface area contributed by atoms with Crippen LogP contribution in [0.25, 0.3) is 0 Å². The van der Waals surface area contributed by atoms with Crippen molar-refractivity contribution in [2.75, 3.05) is 0 Å². The number of aliphatic hydroxyl groups excluding tert-OH is 1. The lowest BCUT2D eigenvalue weighted by Gasteiger charge is -2.07. The lowest BCUT2D eigenvalue weighted by Crippen LogP contribution is -2.21. The summed E-state index contributed by atoms with van der Waals surface area (Å²) in [4.78, 5) is 11.5. The summed E-state index contributed by atoms with van der Waals surface area (Å²) in [6.45, 7) is 1.96. The molecule has 14 heavy (non-hydrogen) atoms. The van der Waals surface area contributed by atoms with E-state index in [0.717, 1.165) is 12.0 Å². The maximum Gasteiger partial charge on any atom is 0.165 e. The van der Waals surface area contributed by atoms with Crippen molar-refractivity contribution in [1.82, 2.24) is 0 Å². The van der Waals surface area contributed by atoms with Crippen molar-refractivity contribution in [3.05, 3.63) is 35.9 Å². The van der Waals surface area contributed by atoms with Gasteiger partial charge in [-0.05, 0) is 12.0 Å². The zero-order chi connectivity index (χ0) is 10.4. The summed E-state index contributed by atoms with van der Waals surface area (Å²) in [6, 6.07) is 9.51. The maximum absolute atomic E-state index is 11.5.